The molecule has 0 aromatic carbocycles. The lowest BCUT2D eigenvalue weighted by atomic mass is 9.93. The second-order valence-corrected chi connectivity index (χ2v) is 8.40. The minimum Gasteiger partial charge on any atom is -0.299 e. The van der Waals surface area contributed by atoms with Gasteiger partial charge in [-0.1, -0.05) is 27.7 Å². The SMILES string of the molecule is CC(C)C(C)N1CCS(=O)(=O)CC(C)(C)C1. The van der Waals surface area contributed by atoms with E-state index in [9.17, 15) is 8.42 Å². The van der Waals surface area contributed by atoms with E-state index in [1.165, 1.54) is 0 Å². The van der Waals surface area contributed by atoms with Crippen LogP contribution in [0, 0.1) is 11.3 Å². The predicted molar refractivity (Wildman–Crippen MR) is 68.3 cm³/mol. The van der Waals surface area contributed by atoms with Crippen LogP contribution in [0.3, 0.4) is 0 Å². The van der Waals surface area contributed by atoms with Gasteiger partial charge >= 0.3 is 0 Å². The van der Waals surface area contributed by atoms with Crippen LogP contribution in [0.15, 0.2) is 0 Å². The molecule has 0 saturated carbocycles. The van der Waals surface area contributed by atoms with Crippen LogP contribution in [0.5, 0.6) is 0 Å². The molecule has 3 nitrogen and oxygen atoms in total. The van der Waals surface area contributed by atoms with Crippen LogP contribution in [0.2, 0.25) is 0 Å². The van der Waals surface area contributed by atoms with Crippen molar-refractivity contribution >= 4 is 9.84 Å². The summed E-state index contributed by atoms with van der Waals surface area (Å²) in [6.07, 6.45) is 0. The average molecular weight is 247 g/mol. The molecule has 1 rings (SSSR count). The van der Waals surface area contributed by atoms with Gasteiger partial charge in [-0.3, -0.25) is 4.90 Å². The molecule has 0 aromatic heterocycles. The summed E-state index contributed by atoms with van der Waals surface area (Å²) in [5.74, 6) is 1.20. The second kappa shape index (κ2) is 4.65. The Morgan fingerprint density at radius 3 is 2.25 bits per heavy atom. The lowest BCUT2D eigenvalue weighted by molar-refractivity contribution is 0.133. The van der Waals surface area contributed by atoms with Gasteiger partial charge in [-0.25, -0.2) is 8.42 Å². The summed E-state index contributed by atoms with van der Waals surface area (Å²) in [4.78, 5) is 2.33. The van der Waals surface area contributed by atoms with E-state index in [0.29, 0.717) is 30.0 Å². The van der Waals surface area contributed by atoms with E-state index in [1.54, 1.807) is 0 Å². The fourth-order valence-electron chi connectivity index (χ4n) is 2.37. The highest BCUT2D eigenvalue weighted by atomic mass is 32.2. The third kappa shape index (κ3) is 3.74. The first-order chi connectivity index (χ1) is 7.13. The molecule has 0 aromatic rings. The molecule has 1 heterocycles. The van der Waals surface area contributed by atoms with Gasteiger partial charge in [-0.2, -0.15) is 0 Å². The lowest BCUT2D eigenvalue weighted by Gasteiger charge is -2.35. The fraction of sp³-hybridized carbons (Fsp3) is 1.00. The van der Waals surface area contributed by atoms with Gasteiger partial charge in [0.25, 0.3) is 0 Å². The summed E-state index contributed by atoms with van der Waals surface area (Å²) in [6, 6.07) is 0.451. The van der Waals surface area contributed by atoms with Crippen molar-refractivity contribution in [1.29, 1.82) is 0 Å². The summed E-state index contributed by atoms with van der Waals surface area (Å²) in [7, 11) is -2.86. The first-order valence-electron chi connectivity index (χ1n) is 6.07. The van der Waals surface area contributed by atoms with Gasteiger partial charge in [0.1, 0.15) is 0 Å². The van der Waals surface area contributed by atoms with Crippen LogP contribution >= 0.6 is 0 Å². The minimum atomic E-state index is -2.86. The Labute approximate surface area is 100 Å². The van der Waals surface area contributed by atoms with E-state index in [1.807, 2.05) is 0 Å². The first kappa shape index (κ1) is 14.0. The summed E-state index contributed by atoms with van der Waals surface area (Å²) in [5, 5.41) is 0. The molecule has 1 unspecified atom stereocenters. The molecule has 16 heavy (non-hydrogen) atoms. The summed E-state index contributed by atoms with van der Waals surface area (Å²) < 4.78 is 23.6. The van der Waals surface area contributed by atoms with Crippen molar-refractivity contribution in [3.63, 3.8) is 0 Å². The van der Waals surface area contributed by atoms with Crippen molar-refractivity contribution in [3.8, 4) is 0 Å². The van der Waals surface area contributed by atoms with Gasteiger partial charge in [0, 0.05) is 19.1 Å². The molecule has 0 aliphatic carbocycles. The monoisotopic (exact) mass is 247 g/mol. The number of rotatable bonds is 2. The summed E-state index contributed by atoms with van der Waals surface area (Å²) >= 11 is 0. The zero-order chi connectivity index (χ0) is 12.6. The minimum absolute atomic E-state index is 0.127. The molecule has 1 atom stereocenters. The molecular formula is C12H25NO2S. The zero-order valence-electron chi connectivity index (χ0n) is 11.2. The first-order valence-corrected chi connectivity index (χ1v) is 7.90. The fourth-order valence-corrected chi connectivity index (χ4v) is 4.31. The van der Waals surface area contributed by atoms with Crippen molar-refractivity contribution in [2.75, 3.05) is 24.6 Å². The predicted octanol–water partition coefficient (Wildman–Crippen LogP) is 1.79. The highest BCUT2D eigenvalue weighted by molar-refractivity contribution is 7.91. The largest absolute Gasteiger partial charge is 0.299 e. The Morgan fingerprint density at radius 1 is 1.19 bits per heavy atom. The van der Waals surface area contributed by atoms with Crippen molar-refractivity contribution in [2.24, 2.45) is 11.3 Å². The average Bonchev–Trinajstić information content (AvgIpc) is 2.18. The Balaban J connectivity index is 2.85. The van der Waals surface area contributed by atoms with Gasteiger partial charge in [0.15, 0.2) is 9.84 Å². The molecule has 0 spiro atoms. The summed E-state index contributed by atoms with van der Waals surface area (Å²) in [5.41, 5.74) is -0.127. The maximum absolute atomic E-state index is 11.8. The van der Waals surface area contributed by atoms with Gasteiger partial charge < -0.3 is 0 Å². The Bertz CT molecular complexity index is 333. The van der Waals surface area contributed by atoms with Gasteiger partial charge in [-0.15, -0.1) is 0 Å². The molecular weight excluding hydrogens is 222 g/mol. The highest BCUT2D eigenvalue weighted by Gasteiger charge is 2.34. The molecule has 0 radical (unpaired) electrons. The number of hydrogen-bond acceptors (Lipinski definition) is 3. The molecule has 1 fully saturated rings. The van der Waals surface area contributed by atoms with Crippen LogP contribution < -0.4 is 0 Å². The van der Waals surface area contributed by atoms with Crippen LogP contribution in [-0.2, 0) is 9.84 Å². The third-order valence-corrected chi connectivity index (χ3v) is 5.50. The van der Waals surface area contributed by atoms with Gasteiger partial charge in [-0.05, 0) is 18.3 Å². The van der Waals surface area contributed by atoms with Crippen molar-refractivity contribution in [3.05, 3.63) is 0 Å². The van der Waals surface area contributed by atoms with E-state index in [2.05, 4.69) is 39.5 Å². The van der Waals surface area contributed by atoms with Crippen molar-refractivity contribution in [2.45, 2.75) is 40.7 Å². The maximum Gasteiger partial charge on any atom is 0.152 e. The number of nitrogens with zero attached hydrogens (tertiary/aromatic N) is 1. The van der Waals surface area contributed by atoms with E-state index in [0.717, 1.165) is 6.54 Å². The second-order valence-electron chi connectivity index (χ2n) is 6.21. The molecule has 1 aliphatic rings. The Hall–Kier alpha value is -0.0900. The smallest absolute Gasteiger partial charge is 0.152 e. The van der Waals surface area contributed by atoms with Gasteiger partial charge in [0.05, 0.1) is 11.5 Å². The van der Waals surface area contributed by atoms with E-state index < -0.39 is 9.84 Å². The highest BCUT2D eigenvalue weighted by Crippen LogP contribution is 2.26. The summed E-state index contributed by atoms with van der Waals surface area (Å²) in [6.45, 7) is 12.2. The zero-order valence-corrected chi connectivity index (χ0v) is 12.0. The molecule has 1 saturated heterocycles. The molecule has 96 valence electrons. The van der Waals surface area contributed by atoms with Crippen LogP contribution in [-0.4, -0.2) is 44.0 Å². The number of sulfone groups is 1. The number of hydrogen-bond donors (Lipinski definition) is 0. The third-order valence-electron chi connectivity index (χ3n) is 3.47. The van der Waals surface area contributed by atoms with Crippen LogP contribution in [0.1, 0.15) is 34.6 Å². The van der Waals surface area contributed by atoms with Gasteiger partial charge in [0.2, 0.25) is 0 Å². The van der Waals surface area contributed by atoms with E-state index >= 15 is 0 Å². The van der Waals surface area contributed by atoms with Crippen LogP contribution in [0.4, 0.5) is 0 Å². The molecule has 1 aliphatic heterocycles. The quantitative estimate of drug-likeness (QED) is 0.746. The molecule has 0 N–H and O–H groups in total. The lowest BCUT2D eigenvalue weighted by Crippen LogP contribution is -2.42. The van der Waals surface area contributed by atoms with Crippen molar-refractivity contribution < 1.29 is 8.42 Å². The molecule has 0 amide bonds. The topological polar surface area (TPSA) is 37.4 Å². The standard InChI is InChI=1S/C12H25NO2S/c1-10(2)11(3)13-6-7-16(14,15)9-12(4,5)8-13/h10-11H,6-9H2,1-5H3. The van der Waals surface area contributed by atoms with E-state index in [-0.39, 0.29) is 5.41 Å². The normalized spacial score (nSPS) is 27.6. The Kier molecular flexibility index (Phi) is 4.06. The maximum atomic E-state index is 11.8. The Morgan fingerprint density at radius 2 is 1.75 bits per heavy atom. The molecule has 0 bridgehead atoms. The van der Waals surface area contributed by atoms with Crippen molar-refractivity contribution in [1.82, 2.24) is 4.90 Å². The molecule has 4 heteroatoms. The van der Waals surface area contributed by atoms with E-state index in [4.69, 9.17) is 0 Å². The van der Waals surface area contributed by atoms with Crippen LogP contribution in [0.25, 0.3) is 0 Å².